The number of nitrogens with one attached hydrogen (secondary N) is 1. The molecule has 0 spiro atoms. The van der Waals surface area contributed by atoms with Gasteiger partial charge in [-0.1, -0.05) is 24.4 Å². The fraction of sp³-hybridized carbons (Fsp3) is 0.500. The zero-order valence-corrected chi connectivity index (χ0v) is 15.6. The molecule has 0 bridgehead atoms. The first kappa shape index (κ1) is 19.3. The average Bonchev–Trinajstić information content (AvgIpc) is 2.92. The number of aromatic nitrogens is 1. The maximum atomic E-state index is 12.5. The average molecular weight is 394 g/mol. The van der Waals surface area contributed by atoms with Gasteiger partial charge in [0.15, 0.2) is 11.8 Å². The molecule has 3 rings (SSSR count). The number of imide groups is 1. The van der Waals surface area contributed by atoms with E-state index < -0.39 is 24.5 Å². The Bertz CT molecular complexity index is 760. The highest BCUT2D eigenvalue weighted by atomic mass is 35.5. The molecule has 1 aliphatic heterocycles. The molecule has 2 fully saturated rings. The summed E-state index contributed by atoms with van der Waals surface area (Å²) in [5.74, 6) is -2.71. The van der Waals surface area contributed by atoms with Crippen LogP contribution in [-0.4, -0.2) is 46.2 Å². The number of carbonyl (C=O) groups excluding carboxylic acids is 4. The number of nitrogens with zero attached hydrogens (tertiary/aromatic N) is 2. The molecule has 2 heterocycles. The number of pyridine rings is 1. The van der Waals surface area contributed by atoms with Crippen molar-refractivity contribution in [3.63, 3.8) is 0 Å². The van der Waals surface area contributed by atoms with Crippen LogP contribution in [-0.2, 0) is 23.9 Å². The summed E-state index contributed by atoms with van der Waals surface area (Å²) in [4.78, 5) is 54.0. The Balaban J connectivity index is 1.56. The molecule has 1 aliphatic carbocycles. The minimum absolute atomic E-state index is 0.112. The molecule has 0 aromatic carbocycles. The highest BCUT2D eigenvalue weighted by molar-refractivity contribution is 6.32. The second-order valence-corrected chi connectivity index (χ2v) is 7.08. The number of anilines is 1. The van der Waals surface area contributed by atoms with Crippen molar-refractivity contribution in [3.8, 4) is 0 Å². The normalized spacial score (nSPS) is 23.0. The van der Waals surface area contributed by atoms with E-state index >= 15 is 0 Å². The second-order valence-electron chi connectivity index (χ2n) is 6.72. The van der Waals surface area contributed by atoms with Gasteiger partial charge in [0.05, 0.1) is 17.5 Å². The quantitative estimate of drug-likeness (QED) is 0.464. The Labute approximate surface area is 161 Å². The minimum atomic E-state index is -1.06. The largest absolute Gasteiger partial charge is 0.454 e. The van der Waals surface area contributed by atoms with Crippen molar-refractivity contribution in [3.05, 3.63) is 23.5 Å². The van der Waals surface area contributed by atoms with Gasteiger partial charge in [-0.25, -0.2) is 9.78 Å². The predicted molar refractivity (Wildman–Crippen MR) is 95.6 cm³/mol. The number of amides is 3. The van der Waals surface area contributed by atoms with Gasteiger partial charge in [0, 0.05) is 6.20 Å². The van der Waals surface area contributed by atoms with E-state index in [1.165, 1.54) is 13.1 Å². The van der Waals surface area contributed by atoms with Crippen molar-refractivity contribution in [2.75, 3.05) is 11.9 Å². The van der Waals surface area contributed by atoms with Crippen molar-refractivity contribution in [2.24, 2.45) is 11.8 Å². The summed E-state index contributed by atoms with van der Waals surface area (Å²) in [7, 11) is 0. The summed E-state index contributed by atoms with van der Waals surface area (Å²) in [6.07, 6.45) is 4.62. The molecule has 9 heteroatoms. The standard InChI is InChI=1S/C18H20ClN3O5/c1-10(22-16(24)11-5-2-3-6-12(11)17(22)25)18(26)27-9-14(23)21-13-7-4-8-20-15(13)19/h4,7-8,10-12H,2-3,5-6,9H2,1H3,(H,21,23)/t10-,11-,12+/m0/s1. The topological polar surface area (TPSA) is 106 Å². The van der Waals surface area contributed by atoms with E-state index in [9.17, 15) is 19.2 Å². The number of rotatable bonds is 5. The smallest absolute Gasteiger partial charge is 0.329 e. The SMILES string of the molecule is C[C@@H](C(=O)OCC(=O)Nc1cccnc1Cl)N1C(=O)[C@H]2CCCC[C@H]2C1=O. The monoisotopic (exact) mass is 393 g/mol. The van der Waals surface area contributed by atoms with Crippen LogP contribution in [0.25, 0.3) is 0 Å². The summed E-state index contributed by atoms with van der Waals surface area (Å²) in [6, 6.07) is 2.09. The molecule has 144 valence electrons. The van der Waals surface area contributed by atoms with Gasteiger partial charge in [-0.2, -0.15) is 0 Å². The molecule has 27 heavy (non-hydrogen) atoms. The molecule has 0 unspecified atom stereocenters. The molecule has 1 saturated heterocycles. The van der Waals surface area contributed by atoms with Gasteiger partial charge >= 0.3 is 5.97 Å². The van der Waals surface area contributed by atoms with Crippen LogP contribution in [0, 0.1) is 11.8 Å². The van der Waals surface area contributed by atoms with Crippen LogP contribution in [0.15, 0.2) is 18.3 Å². The Morgan fingerprint density at radius 1 is 1.30 bits per heavy atom. The van der Waals surface area contributed by atoms with E-state index in [2.05, 4.69) is 10.3 Å². The van der Waals surface area contributed by atoms with Crippen molar-refractivity contribution in [2.45, 2.75) is 38.6 Å². The summed E-state index contributed by atoms with van der Waals surface area (Å²) in [5, 5.41) is 2.59. The third-order valence-corrected chi connectivity index (χ3v) is 5.28. The van der Waals surface area contributed by atoms with Gasteiger partial charge in [-0.3, -0.25) is 19.3 Å². The van der Waals surface area contributed by atoms with Gasteiger partial charge in [0.25, 0.3) is 5.91 Å². The Kier molecular flexibility index (Phi) is 5.74. The summed E-state index contributed by atoms with van der Waals surface area (Å²) < 4.78 is 4.98. The first-order valence-corrected chi connectivity index (χ1v) is 9.22. The lowest BCUT2D eigenvalue weighted by Crippen LogP contribution is -2.45. The number of carbonyl (C=O) groups is 4. The zero-order chi connectivity index (χ0) is 19.6. The van der Waals surface area contributed by atoms with Crippen molar-refractivity contribution in [1.29, 1.82) is 0 Å². The van der Waals surface area contributed by atoms with Crippen molar-refractivity contribution < 1.29 is 23.9 Å². The third kappa shape index (κ3) is 3.95. The van der Waals surface area contributed by atoms with Crippen molar-refractivity contribution >= 4 is 41.0 Å². The molecule has 2 aliphatic rings. The second kappa shape index (κ2) is 8.04. The van der Waals surface area contributed by atoms with E-state index in [0.717, 1.165) is 17.7 Å². The van der Waals surface area contributed by atoms with Gasteiger partial charge in [-0.05, 0) is 31.9 Å². The molecule has 0 radical (unpaired) electrons. The number of esters is 1. The molecule has 1 N–H and O–H groups in total. The van der Waals surface area contributed by atoms with Crippen LogP contribution in [0.5, 0.6) is 0 Å². The number of halogens is 1. The molecule has 3 atom stereocenters. The van der Waals surface area contributed by atoms with Crippen LogP contribution in [0.2, 0.25) is 5.15 Å². The van der Waals surface area contributed by atoms with Gasteiger partial charge in [-0.15, -0.1) is 0 Å². The maximum absolute atomic E-state index is 12.5. The first-order chi connectivity index (χ1) is 12.9. The lowest BCUT2D eigenvalue weighted by Gasteiger charge is -2.21. The van der Waals surface area contributed by atoms with Gasteiger partial charge in [0.2, 0.25) is 11.8 Å². The van der Waals surface area contributed by atoms with Gasteiger partial charge in [0.1, 0.15) is 6.04 Å². The van der Waals surface area contributed by atoms with Gasteiger partial charge < -0.3 is 10.1 Å². The molecule has 3 amide bonds. The number of hydrogen-bond donors (Lipinski definition) is 1. The number of likely N-dealkylation sites (tertiary alicyclic amines) is 1. The molecule has 1 aromatic rings. The summed E-state index contributed by atoms with van der Waals surface area (Å²) >= 11 is 5.84. The Morgan fingerprint density at radius 3 is 2.52 bits per heavy atom. The molecule has 1 saturated carbocycles. The number of hydrogen-bond acceptors (Lipinski definition) is 6. The lowest BCUT2D eigenvalue weighted by molar-refractivity contribution is -0.159. The maximum Gasteiger partial charge on any atom is 0.329 e. The molecular formula is C18H20ClN3O5. The number of ether oxygens (including phenoxy) is 1. The Morgan fingerprint density at radius 2 is 1.93 bits per heavy atom. The highest BCUT2D eigenvalue weighted by Gasteiger charge is 2.51. The van der Waals surface area contributed by atoms with Crippen LogP contribution in [0.4, 0.5) is 5.69 Å². The van der Waals surface area contributed by atoms with Crippen molar-refractivity contribution in [1.82, 2.24) is 9.88 Å². The van der Waals surface area contributed by atoms with Crippen LogP contribution in [0.1, 0.15) is 32.6 Å². The number of fused-ring (bicyclic) bond motifs is 1. The lowest BCUT2D eigenvalue weighted by atomic mass is 9.81. The van der Waals surface area contributed by atoms with E-state index in [1.54, 1.807) is 12.1 Å². The fourth-order valence-corrected chi connectivity index (χ4v) is 3.76. The van der Waals surface area contributed by atoms with E-state index in [0.29, 0.717) is 18.5 Å². The summed E-state index contributed by atoms with van der Waals surface area (Å²) in [5.41, 5.74) is 0.294. The predicted octanol–water partition coefficient (Wildman–Crippen LogP) is 1.78. The molecule has 1 aromatic heterocycles. The Hall–Kier alpha value is -2.48. The van der Waals surface area contributed by atoms with Crippen LogP contribution < -0.4 is 5.32 Å². The van der Waals surface area contributed by atoms with E-state index in [1.807, 2.05) is 0 Å². The highest BCUT2D eigenvalue weighted by Crippen LogP contribution is 2.38. The fourth-order valence-electron chi connectivity index (χ4n) is 3.60. The van der Waals surface area contributed by atoms with E-state index in [-0.39, 0.29) is 28.8 Å². The molecule has 8 nitrogen and oxygen atoms in total. The minimum Gasteiger partial charge on any atom is -0.454 e. The molecular weight excluding hydrogens is 374 g/mol. The first-order valence-electron chi connectivity index (χ1n) is 8.84. The third-order valence-electron chi connectivity index (χ3n) is 4.98. The van der Waals surface area contributed by atoms with Crippen LogP contribution in [0.3, 0.4) is 0 Å². The summed E-state index contributed by atoms with van der Waals surface area (Å²) in [6.45, 7) is 0.878. The van der Waals surface area contributed by atoms with Crippen LogP contribution >= 0.6 is 11.6 Å². The zero-order valence-electron chi connectivity index (χ0n) is 14.8. The van der Waals surface area contributed by atoms with E-state index in [4.69, 9.17) is 16.3 Å².